The SMILES string of the molecule is CC1(C)c2cc3c4cc(-c5ccc(N(c6cc(-c7ccccc7)cc(-c7ccccc7)c6)c6cccc7c6oc6ccccc67)cc5)ccc4n(-c4cc(-c5ccccc5)nc(-c5ccccc5)n4)c3cc2-c2ccc3c4ccccc4c4ccccc4c3c21. The molecule has 5 heteroatoms. The van der Waals surface area contributed by atoms with Crippen molar-refractivity contribution >= 4 is 93.1 Å². The lowest BCUT2D eigenvalue weighted by Gasteiger charge is -2.27. The Kier molecular flexibility index (Phi) is 11.6. The number of para-hydroxylation sites is 2. The molecular formula is C85H56N4O. The monoisotopic (exact) mass is 1150 g/mol. The maximum atomic E-state index is 6.86. The largest absolute Gasteiger partial charge is 0.454 e. The van der Waals surface area contributed by atoms with Gasteiger partial charge in [-0.25, -0.2) is 9.97 Å². The molecule has 422 valence electrons. The number of anilines is 3. The van der Waals surface area contributed by atoms with Crippen molar-refractivity contribution in [3.05, 3.63) is 314 Å². The smallest absolute Gasteiger partial charge is 0.162 e. The molecular weight excluding hydrogens is 1090 g/mol. The number of rotatable bonds is 9. The summed E-state index contributed by atoms with van der Waals surface area (Å²) in [6, 6.07) is 110. The van der Waals surface area contributed by atoms with Gasteiger partial charge in [-0.1, -0.05) is 244 Å². The first-order chi connectivity index (χ1) is 44.4. The molecule has 18 rings (SSSR count). The van der Waals surface area contributed by atoms with Gasteiger partial charge in [-0.3, -0.25) is 4.57 Å². The summed E-state index contributed by atoms with van der Waals surface area (Å²) in [5.74, 6) is 1.48. The van der Waals surface area contributed by atoms with Crippen LogP contribution in [-0.2, 0) is 5.41 Å². The van der Waals surface area contributed by atoms with Crippen LogP contribution in [0.15, 0.2) is 308 Å². The Labute approximate surface area is 520 Å². The van der Waals surface area contributed by atoms with Gasteiger partial charge in [0.25, 0.3) is 0 Å². The highest BCUT2D eigenvalue weighted by molar-refractivity contribution is 6.28. The summed E-state index contributed by atoms with van der Waals surface area (Å²) in [6.45, 7) is 4.86. The molecule has 3 aromatic heterocycles. The average Bonchev–Trinajstić information content (AvgIpc) is 1.43. The predicted molar refractivity (Wildman–Crippen MR) is 376 cm³/mol. The number of nitrogens with zero attached hydrogens (tertiary/aromatic N) is 4. The van der Waals surface area contributed by atoms with Gasteiger partial charge in [0.1, 0.15) is 11.4 Å². The van der Waals surface area contributed by atoms with E-state index in [9.17, 15) is 0 Å². The van der Waals surface area contributed by atoms with E-state index in [-0.39, 0.29) is 5.41 Å². The summed E-state index contributed by atoms with van der Waals surface area (Å²) in [5, 5.41) is 12.2. The molecule has 0 N–H and O–H groups in total. The van der Waals surface area contributed by atoms with Crippen LogP contribution in [0.3, 0.4) is 0 Å². The maximum Gasteiger partial charge on any atom is 0.162 e. The molecule has 0 spiro atoms. The van der Waals surface area contributed by atoms with Crippen LogP contribution in [0.25, 0.3) is 149 Å². The summed E-state index contributed by atoms with van der Waals surface area (Å²) in [6.07, 6.45) is 0. The Hall–Kier alpha value is -11.7. The number of hydrogen-bond donors (Lipinski definition) is 0. The van der Waals surface area contributed by atoms with E-state index in [2.05, 4.69) is 315 Å². The molecule has 0 radical (unpaired) electrons. The second-order valence-electron chi connectivity index (χ2n) is 24.4. The van der Waals surface area contributed by atoms with E-state index in [4.69, 9.17) is 14.4 Å². The number of fused-ring (bicyclic) bond motifs is 16. The number of hydrogen-bond acceptors (Lipinski definition) is 4. The highest BCUT2D eigenvalue weighted by atomic mass is 16.3. The molecule has 0 unspecified atom stereocenters. The Morgan fingerprint density at radius 2 is 0.889 bits per heavy atom. The Balaban J connectivity index is 0.847. The molecule has 1 aliphatic carbocycles. The molecule has 0 saturated carbocycles. The minimum absolute atomic E-state index is 0.345. The molecule has 5 nitrogen and oxygen atoms in total. The third-order valence-electron chi connectivity index (χ3n) is 18.9. The first-order valence-corrected chi connectivity index (χ1v) is 30.9. The quantitative estimate of drug-likeness (QED) is 0.135. The van der Waals surface area contributed by atoms with E-state index < -0.39 is 0 Å². The molecule has 0 saturated heterocycles. The lowest BCUT2D eigenvalue weighted by molar-refractivity contribution is 0.667. The van der Waals surface area contributed by atoms with E-state index in [1.165, 1.54) is 60.0 Å². The lowest BCUT2D eigenvalue weighted by Crippen LogP contribution is -2.15. The number of furan rings is 1. The van der Waals surface area contributed by atoms with Gasteiger partial charge in [0, 0.05) is 55.5 Å². The number of aromatic nitrogens is 3. The Morgan fingerprint density at radius 1 is 0.344 bits per heavy atom. The summed E-state index contributed by atoms with van der Waals surface area (Å²) in [5.41, 5.74) is 21.3. The molecule has 14 aromatic carbocycles. The second kappa shape index (κ2) is 20.2. The van der Waals surface area contributed by atoms with Gasteiger partial charge in [-0.2, -0.15) is 0 Å². The maximum absolute atomic E-state index is 6.86. The van der Waals surface area contributed by atoms with Crippen molar-refractivity contribution in [1.29, 1.82) is 0 Å². The zero-order valence-electron chi connectivity index (χ0n) is 49.6. The molecule has 0 aliphatic heterocycles. The van der Waals surface area contributed by atoms with Crippen LogP contribution in [0, 0.1) is 0 Å². The highest BCUT2D eigenvalue weighted by Gasteiger charge is 2.39. The van der Waals surface area contributed by atoms with Crippen molar-refractivity contribution in [2.24, 2.45) is 0 Å². The van der Waals surface area contributed by atoms with Crippen LogP contribution in [-0.4, -0.2) is 14.5 Å². The van der Waals surface area contributed by atoms with Crippen LogP contribution >= 0.6 is 0 Å². The normalized spacial score (nSPS) is 12.6. The lowest BCUT2D eigenvalue weighted by atomic mass is 9.78. The van der Waals surface area contributed by atoms with Gasteiger partial charge in [0.15, 0.2) is 11.4 Å². The summed E-state index contributed by atoms with van der Waals surface area (Å²) >= 11 is 0. The zero-order chi connectivity index (χ0) is 59.6. The van der Waals surface area contributed by atoms with Crippen LogP contribution in [0.2, 0.25) is 0 Å². The third kappa shape index (κ3) is 8.10. The van der Waals surface area contributed by atoms with Gasteiger partial charge < -0.3 is 9.32 Å². The van der Waals surface area contributed by atoms with Crippen LogP contribution in [0.4, 0.5) is 17.1 Å². The highest BCUT2D eigenvalue weighted by Crippen LogP contribution is 2.56. The van der Waals surface area contributed by atoms with Crippen molar-refractivity contribution in [2.45, 2.75) is 19.3 Å². The van der Waals surface area contributed by atoms with E-state index in [1.807, 2.05) is 12.1 Å². The molecule has 1 aliphatic rings. The summed E-state index contributed by atoms with van der Waals surface area (Å²) < 4.78 is 9.24. The topological polar surface area (TPSA) is 47.1 Å². The van der Waals surface area contributed by atoms with Crippen molar-refractivity contribution in [2.75, 3.05) is 4.90 Å². The molecule has 0 atom stereocenters. The van der Waals surface area contributed by atoms with E-state index in [0.717, 1.165) is 111 Å². The van der Waals surface area contributed by atoms with Crippen LogP contribution in [0.5, 0.6) is 0 Å². The van der Waals surface area contributed by atoms with E-state index in [1.54, 1.807) is 0 Å². The first kappa shape index (κ1) is 51.6. The molecule has 0 fully saturated rings. The molecule has 0 bridgehead atoms. The molecule has 17 aromatic rings. The summed E-state index contributed by atoms with van der Waals surface area (Å²) in [4.78, 5) is 13.2. The average molecular weight is 1150 g/mol. The van der Waals surface area contributed by atoms with Gasteiger partial charge in [-0.15, -0.1) is 0 Å². The Morgan fingerprint density at radius 3 is 1.57 bits per heavy atom. The summed E-state index contributed by atoms with van der Waals surface area (Å²) in [7, 11) is 0. The van der Waals surface area contributed by atoms with Gasteiger partial charge in [-0.05, 0) is 155 Å². The minimum Gasteiger partial charge on any atom is -0.454 e. The molecule has 0 amide bonds. The fraction of sp³-hybridized carbons (Fsp3) is 0.0353. The Bertz CT molecular complexity index is 5580. The van der Waals surface area contributed by atoms with Crippen LogP contribution in [0.1, 0.15) is 25.0 Å². The fourth-order valence-corrected chi connectivity index (χ4v) is 14.7. The van der Waals surface area contributed by atoms with Crippen molar-refractivity contribution in [3.8, 4) is 73.0 Å². The van der Waals surface area contributed by atoms with Gasteiger partial charge in [0.05, 0.1) is 22.4 Å². The van der Waals surface area contributed by atoms with E-state index >= 15 is 0 Å². The van der Waals surface area contributed by atoms with Gasteiger partial charge >= 0.3 is 0 Å². The predicted octanol–water partition coefficient (Wildman–Crippen LogP) is 23.0. The number of benzene rings is 14. The molecule has 90 heavy (non-hydrogen) atoms. The van der Waals surface area contributed by atoms with Crippen molar-refractivity contribution < 1.29 is 4.42 Å². The minimum atomic E-state index is -0.345. The van der Waals surface area contributed by atoms with Crippen molar-refractivity contribution in [3.63, 3.8) is 0 Å². The fourth-order valence-electron chi connectivity index (χ4n) is 14.7. The zero-order valence-corrected chi connectivity index (χ0v) is 49.6. The van der Waals surface area contributed by atoms with Gasteiger partial charge in [0.2, 0.25) is 0 Å². The second-order valence-corrected chi connectivity index (χ2v) is 24.4. The van der Waals surface area contributed by atoms with Crippen LogP contribution < -0.4 is 4.90 Å². The molecule has 3 heterocycles. The van der Waals surface area contributed by atoms with E-state index in [0.29, 0.717) is 5.82 Å². The third-order valence-corrected chi connectivity index (χ3v) is 18.9. The standard InChI is InChI=1S/C85H56N4O/c1-85(2)74-50-73-72-49-58(55-38-41-61(42-39-55)88(77-36-21-35-70-66-33-19-20-37-79(66)90-83(70)77)62-47-59(53-22-7-3-8-23-53)46-60(48-62)54-24-9-4-10-25-54)40-45-76(72)89(80-52-75(56-26-11-5-12-27-56)86-84(87-80)57-28-13-6-14-29-57)78(73)51-71(74)69-44-43-68-65-32-16-15-30-63(65)64-31-17-18-34-67(64)81(68)82(69)85/h3-52H,1-2H3. The van der Waals surface area contributed by atoms with Crippen molar-refractivity contribution in [1.82, 2.24) is 14.5 Å². The first-order valence-electron chi connectivity index (χ1n) is 30.9.